The second-order valence-corrected chi connectivity index (χ2v) is 8.18. The Kier molecular flexibility index (Phi) is 4.31. The van der Waals surface area contributed by atoms with Crippen LogP contribution in [0.3, 0.4) is 0 Å². The lowest BCUT2D eigenvalue weighted by Gasteiger charge is -2.21. The Morgan fingerprint density at radius 3 is 2.41 bits per heavy atom. The summed E-state index contributed by atoms with van der Waals surface area (Å²) in [6, 6.07) is 6.61. The molecule has 29 heavy (non-hydrogen) atoms. The van der Waals surface area contributed by atoms with E-state index in [0.29, 0.717) is 27.6 Å². The van der Waals surface area contributed by atoms with Crippen molar-refractivity contribution in [2.45, 2.75) is 39.3 Å². The van der Waals surface area contributed by atoms with Crippen LogP contribution in [0.1, 0.15) is 54.3 Å². The van der Waals surface area contributed by atoms with Crippen molar-refractivity contribution in [3.8, 4) is 0 Å². The van der Waals surface area contributed by atoms with E-state index < -0.39 is 16.4 Å². The zero-order valence-electron chi connectivity index (χ0n) is 16.4. The number of rotatable bonds is 5. The second kappa shape index (κ2) is 6.49. The molecule has 1 aliphatic heterocycles. The van der Waals surface area contributed by atoms with E-state index in [2.05, 4.69) is 16.0 Å². The minimum Gasteiger partial charge on any atom is -0.464 e. The molecule has 0 spiro atoms. The predicted molar refractivity (Wildman–Crippen MR) is 112 cm³/mol. The molecule has 150 valence electrons. The zero-order chi connectivity index (χ0) is 21.1. The SMILES string of the molecule is Cc1ccc(C(C)Nc2c(Nc3ccc(Cl)c4c3C(=O)NC4(C)C)c(=O)c2=O)o1. The number of nitrogens with one attached hydrogen (secondary N) is 3. The first-order valence-electron chi connectivity index (χ1n) is 9.19. The smallest absolute Gasteiger partial charge is 0.254 e. The van der Waals surface area contributed by atoms with Crippen molar-refractivity contribution >= 4 is 34.6 Å². The maximum atomic E-state index is 12.5. The maximum absolute atomic E-state index is 12.5. The van der Waals surface area contributed by atoms with Crippen LogP contribution in [-0.2, 0) is 5.54 Å². The molecule has 1 aromatic heterocycles. The van der Waals surface area contributed by atoms with E-state index in [1.807, 2.05) is 39.8 Å². The van der Waals surface area contributed by atoms with Crippen LogP contribution in [0.25, 0.3) is 0 Å². The number of amides is 1. The Balaban J connectivity index is 1.69. The first kappa shape index (κ1) is 19.3. The van der Waals surface area contributed by atoms with Gasteiger partial charge in [0.25, 0.3) is 16.8 Å². The molecule has 0 aliphatic carbocycles. The van der Waals surface area contributed by atoms with Gasteiger partial charge in [-0.3, -0.25) is 14.4 Å². The van der Waals surface area contributed by atoms with E-state index in [1.165, 1.54) is 0 Å². The van der Waals surface area contributed by atoms with Crippen molar-refractivity contribution in [2.75, 3.05) is 10.6 Å². The number of carbonyl (C=O) groups excluding carboxylic acids is 1. The van der Waals surface area contributed by atoms with Crippen LogP contribution in [0.5, 0.6) is 0 Å². The minimum absolute atomic E-state index is 0.118. The topological polar surface area (TPSA) is 100 Å². The highest BCUT2D eigenvalue weighted by molar-refractivity contribution is 6.32. The average molecular weight is 414 g/mol. The van der Waals surface area contributed by atoms with Crippen molar-refractivity contribution in [2.24, 2.45) is 0 Å². The number of benzene rings is 1. The molecule has 3 aromatic rings. The average Bonchev–Trinajstić information content (AvgIpc) is 3.20. The zero-order valence-corrected chi connectivity index (χ0v) is 17.2. The summed E-state index contributed by atoms with van der Waals surface area (Å²) < 4.78 is 5.57. The number of halogens is 1. The molecule has 2 heterocycles. The second-order valence-electron chi connectivity index (χ2n) is 7.77. The molecule has 1 aliphatic rings. The summed E-state index contributed by atoms with van der Waals surface area (Å²) in [6.45, 7) is 7.36. The summed E-state index contributed by atoms with van der Waals surface area (Å²) in [6.07, 6.45) is 0. The number of carbonyl (C=O) groups is 1. The molecular weight excluding hydrogens is 394 g/mol. The van der Waals surface area contributed by atoms with Crippen LogP contribution in [0.15, 0.2) is 38.3 Å². The van der Waals surface area contributed by atoms with Crippen molar-refractivity contribution in [3.63, 3.8) is 0 Å². The lowest BCUT2D eigenvalue weighted by molar-refractivity contribution is 0.0941. The Morgan fingerprint density at radius 1 is 1.07 bits per heavy atom. The van der Waals surface area contributed by atoms with E-state index in [4.69, 9.17) is 16.0 Å². The van der Waals surface area contributed by atoms with Gasteiger partial charge in [-0.15, -0.1) is 0 Å². The summed E-state index contributed by atoms with van der Waals surface area (Å²) >= 11 is 6.32. The van der Waals surface area contributed by atoms with Gasteiger partial charge in [-0.1, -0.05) is 11.6 Å². The summed E-state index contributed by atoms with van der Waals surface area (Å²) in [4.78, 5) is 36.9. The van der Waals surface area contributed by atoms with Crippen LogP contribution in [0, 0.1) is 6.92 Å². The third-order valence-electron chi connectivity index (χ3n) is 5.15. The molecule has 1 atom stereocenters. The summed E-state index contributed by atoms with van der Waals surface area (Å²) in [5, 5.41) is 9.33. The molecule has 1 unspecified atom stereocenters. The number of anilines is 3. The summed E-state index contributed by atoms with van der Waals surface area (Å²) in [7, 11) is 0. The number of fused-ring (bicyclic) bond motifs is 1. The lowest BCUT2D eigenvalue weighted by atomic mass is 9.93. The Morgan fingerprint density at radius 2 is 1.76 bits per heavy atom. The standard InChI is InChI=1S/C21H20ClN3O4/c1-9-5-8-13(29-9)10(2)23-16-17(19(27)18(16)26)24-12-7-6-11(22)15-14(12)20(28)25-21(15,3)4/h5-8,10,23-24H,1-4H3,(H,25,28). The van der Waals surface area contributed by atoms with E-state index in [0.717, 1.165) is 5.76 Å². The molecule has 2 aromatic carbocycles. The maximum Gasteiger partial charge on any atom is 0.254 e. The monoisotopic (exact) mass is 413 g/mol. The third kappa shape index (κ3) is 3.02. The van der Waals surface area contributed by atoms with Crippen LogP contribution >= 0.6 is 11.6 Å². The first-order valence-corrected chi connectivity index (χ1v) is 9.56. The molecule has 0 saturated carbocycles. The predicted octanol–water partition coefficient (Wildman–Crippen LogP) is 3.73. The van der Waals surface area contributed by atoms with Gasteiger partial charge < -0.3 is 20.4 Å². The molecule has 0 bridgehead atoms. The van der Waals surface area contributed by atoms with Gasteiger partial charge in [-0.2, -0.15) is 0 Å². The Labute approximate surface area is 171 Å². The fourth-order valence-corrected chi connectivity index (χ4v) is 4.09. The van der Waals surface area contributed by atoms with Gasteiger partial charge in [0.2, 0.25) is 0 Å². The Hall–Kier alpha value is -3.06. The number of furan rings is 1. The third-order valence-corrected chi connectivity index (χ3v) is 5.47. The van der Waals surface area contributed by atoms with E-state index in [1.54, 1.807) is 12.1 Å². The summed E-state index contributed by atoms with van der Waals surface area (Å²) in [5.41, 5.74) is -0.163. The van der Waals surface area contributed by atoms with Crippen LogP contribution < -0.4 is 26.8 Å². The van der Waals surface area contributed by atoms with Crippen molar-refractivity contribution in [1.82, 2.24) is 5.32 Å². The highest BCUT2D eigenvalue weighted by Crippen LogP contribution is 2.41. The molecule has 8 heteroatoms. The van der Waals surface area contributed by atoms with E-state index in [-0.39, 0.29) is 23.3 Å². The van der Waals surface area contributed by atoms with Gasteiger partial charge in [0.1, 0.15) is 22.9 Å². The van der Waals surface area contributed by atoms with E-state index >= 15 is 0 Å². The van der Waals surface area contributed by atoms with Crippen LogP contribution in [0.4, 0.5) is 17.1 Å². The van der Waals surface area contributed by atoms with Gasteiger partial charge in [-0.25, -0.2) is 0 Å². The molecule has 0 fully saturated rings. The van der Waals surface area contributed by atoms with Crippen molar-refractivity contribution < 1.29 is 9.21 Å². The highest BCUT2D eigenvalue weighted by Gasteiger charge is 2.39. The van der Waals surface area contributed by atoms with E-state index in [9.17, 15) is 14.4 Å². The normalized spacial score (nSPS) is 15.8. The summed E-state index contributed by atoms with van der Waals surface area (Å²) in [5.74, 6) is 1.11. The van der Waals surface area contributed by atoms with Gasteiger partial charge in [-0.05, 0) is 52.0 Å². The van der Waals surface area contributed by atoms with Crippen LogP contribution in [0.2, 0.25) is 5.02 Å². The number of hydrogen-bond acceptors (Lipinski definition) is 6. The molecular formula is C21H20ClN3O4. The fourth-order valence-electron chi connectivity index (χ4n) is 3.69. The van der Waals surface area contributed by atoms with Gasteiger partial charge >= 0.3 is 0 Å². The quantitative estimate of drug-likeness (QED) is 0.551. The lowest BCUT2D eigenvalue weighted by Crippen LogP contribution is -2.37. The van der Waals surface area contributed by atoms with Gasteiger partial charge in [0, 0.05) is 10.6 Å². The molecule has 4 rings (SSSR count). The Bertz CT molecular complexity index is 1220. The highest BCUT2D eigenvalue weighted by atomic mass is 35.5. The largest absolute Gasteiger partial charge is 0.464 e. The number of hydrogen-bond donors (Lipinski definition) is 3. The number of aryl methyl sites for hydroxylation is 1. The minimum atomic E-state index is -0.642. The molecule has 0 radical (unpaired) electrons. The molecule has 7 nitrogen and oxygen atoms in total. The molecule has 1 amide bonds. The van der Waals surface area contributed by atoms with Gasteiger partial charge in [0.05, 0.1) is 22.8 Å². The van der Waals surface area contributed by atoms with Gasteiger partial charge in [0.15, 0.2) is 0 Å². The molecule has 0 saturated heterocycles. The fraction of sp³-hybridized carbons (Fsp3) is 0.286. The first-order chi connectivity index (χ1) is 13.6. The van der Waals surface area contributed by atoms with Crippen molar-refractivity contribution in [1.29, 1.82) is 0 Å². The molecule has 3 N–H and O–H groups in total. The van der Waals surface area contributed by atoms with Crippen LogP contribution in [-0.4, -0.2) is 5.91 Å². The van der Waals surface area contributed by atoms with Crippen molar-refractivity contribution in [3.05, 3.63) is 72.4 Å².